The first-order valence-electron chi connectivity index (χ1n) is 7.10. The first-order chi connectivity index (χ1) is 10.7. The van der Waals surface area contributed by atoms with Gasteiger partial charge in [0.05, 0.1) is 11.2 Å². The summed E-state index contributed by atoms with van der Waals surface area (Å²) >= 11 is 0. The second kappa shape index (κ2) is 6.26. The monoisotopic (exact) mass is 292 g/mol. The third kappa shape index (κ3) is 3.06. The first kappa shape index (κ1) is 14.1. The van der Waals surface area contributed by atoms with Crippen LogP contribution in [0.15, 0.2) is 66.9 Å². The van der Waals surface area contributed by atoms with Gasteiger partial charge in [-0.2, -0.15) is 0 Å². The Labute approximate surface area is 128 Å². The SMILES string of the molecule is C[C@H](Oc1ccccc1)C(=O)Nc1cccc2ncccc12. The van der Waals surface area contributed by atoms with Gasteiger partial charge in [-0.15, -0.1) is 0 Å². The number of hydrogen-bond donors (Lipinski definition) is 1. The van der Waals surface area contributed by atoms with Gasteiger partial charge < -0.3 is 10.1 Å². The molecule has 0 radical (unpaired) electrons. The fourth-order valence-electron chi connectivity index (χ4n) is 2.20. The number of fused-ring (bicyclic) bond motifs is 1. The van der Waals surface area contributed by atoms with Gasteiger partial charge in [-0.1, -0.05) is 24.3 Å². The van der Waals surface area contributed by atoms with Gasteiger partial charge in [0, 0.05) is 11.6 Å². The van der Waals surface area contributed by atoms with E-state index in [1.165, 1.54) is 0 Å². The molecule has 0 bridgehead atoms. The normalized spacial score (nSPS) is 11.9. The summed E-state index contributed by atoms with van der Waals surface area (Å²) in [7, 11) is 0. The van der Waals surface area contributed by atoms with E-state index in [1.54, 1.807) is 13.1 Å². The molecule has 0 aliphatic carbocycles. The van der Waals surface area contributed by atoms with Crippen molar-refractivity contribution in [3.63, 3.8) is 0 Å². The highest BCUT2D eigenvalue weighted by molar-refractivity contribution is 6.02. The minimum absolute atomic E-state index is 0.194. The molecule has 1 atom stereocenters. The highest BCUT2D eigenvalue weighted by Gasteiger charge is 2.15. The van der Waals surface area contributed by atoms with Crippen molar-refractivity contribution in [2.24, 2.45) is 0 Å². The molecule has 3 rings (SSSR count). The minimum atomic E-state index is -0.589. The molecule has 0 saturated carbocycles. The molecule has 0 aliphatic rings. The topological polar surface area (TPSA) is 51.2 Å². The van der Waals surface area contributed by atoms with E-state index in [-0.39, 0.29) is 5.91 Å². The van der Waals surface area contributed by atoms with E-state index >= 15 is 0 Å². The summed E-state index contributed by atoms with van der Waals surface area (Å²) in [5, 5.41) is 3.81. The molecule has 0 unspecified atom stereocenters. The average Bonchev–Trinajstić information content (AvgIpc) is 2.56. The van der Waals surface area contributed by atoms with Gasteiger partial charge in [0.25, 0.3) is 5.91 Å². The second-order valence-electron chi connectivity index (χ2n) is 4.94. The molecule has 0 aliphatic heterocycles. The Bertz CT molecular complexity index is 782. The number of carbonyl (C=O) groups excluding carboxylic acids is 1. The summed E-state index contributed by atoms with van der Waals surface area (Å²) < 4.78 is 5.63. The molecular formula is C18H16N2O2. The highest BCUT2D eigenvalue weighted by atomic mass is 16.5. The molecule has 0 saturated heterocycles. The molecule has 4 nitrogen and oxygen atoms in total. The molecule has 110 valence electrons. The Morgan fingerprint density at radius 2 is 1.86 bits per heavy atom. The molecule has 1 amide bonds. The smallest absolute Gasteiger partial charge is 0.265 e. The standard InChI is InChI=1S/C18H16N2O2/c1-13(22-14-7-3-2-4-8-14)18(21)20-17-11-5-10-16-15(17)9-6-12-19-16/h2-13H,1H3,(H,20,21)/t13-/m0/s1. The zero-order chi connectivity index (χ0) is 15.4. The van der Waals surface area contributed by atoms with Gasteiger partial charge in [0.2, 0.25) is 0 Å². The zero-order valence-corrected chi connectivity index (χ0v) is 12.2. The largest absolute Gasteiger partial charge is 0.481 e. The van der Waals surface area contributed by atoms with Crippen LogP contribution in [0.4, 0.5) is 5.69 Å². The van der Waals surface area contributed by atoms with Crippen LogP contribution in [0.3, 0.4) is 0 Å². The predicted octanol–water partition coefficient (Wildman–Crippen LogP) is 3.64. The van der Waals surface area contributed by atoms with Crippen LogP contribution in [-0.2, 0) is 4.79 Å². The fraction of sp³-hybridized carbons (Fsp3) is 0.111. The van der Waals surface area contributed by atoms with E-state index in [0.717, 1.165) is 16.6 Å². The van der Waals surface area contributed by atoms with Crippen LogP contribution in [0.2, 0.25) is 0 Å². The van der Waals surface area contributed by atoms with Crippen LogP contribution < -0.4 is 10.1 Å². The minimum Gasteiger partial charge on any atom is -0.481 e. The van der Waals surface area contributed by atoms with E-state index in [1.807, 2.05) is 60.7 Å². The summed E-state index contributed by atoms with van der Waals surface area (Å²) in [5.41, 5.74) is 1.58. The Morgan fingerprint density at radius 1 is 1.05 bits per heavy atom. The van der Waals surface area contributed by atoms with Crippen molar-refractivity contribution in [3.05, 3.63) is 66.9 Å². The lowest BCUT2D eigenvalue weighted by Gasteiger charge is -2.15. The number of ether oxygens (including phenoxy) is 1. The van der Waals surface area contributed by atoms with Gasteiger partial charge >= 0.3 is 0 Å². The summed E-state index contributed by atoms with van der Waals surface area (Å²) in [6.07, 6.45) is 1.14. The summed E-state index contributed by atoms with van der Waals surface area (Å²) in [6, 6.07) is 18.7. The second-order valence-corrected chi connectivity index (χ2v) is 4.94. The van der Waals surface area contributed by atoms with Crippen LogP contribution in [0.1, 0.15) is 6.92 Å². The average molecular weight is 292 g/mol. The van der Waals surface area contributed by atoms with E-state index < -0.39 is 6.10 Å². The van der Waals surface area contributed by atoms with Crippen molar-refractivity contribution in [2.75, 3.05) is 5.32 Å². The van der Waals surface area contributed by atoms with Crippen LogP contribution in [0.5, 0.6) is 5.75 Å². The number of aromatic nitrogens is 1. The van der Waals surface area contributed by atoms with Crippen molar-refractivity contribution < 1.29 is 9.53 Å². The van der Waals surface area contributed by atoms with Crippen molar-refractivity contribution >= 4 is 22.5 Å². The molecule has 1 N–H and O–H groups in total. The Morgan fingerprint density at radius 3 is 2.68 bits per heavy atom. The maximum absolute atomic E-state index is 12.3. The Balaban J connectivity index is 1.75. The lowest BCUT2D eigenvalue weighted by molar-refractivity contribution is -0.122. The van der Waals surface area contributed by atoms with Crippen LogP contribution in [0, 0.1) is 0 Å². The van der Waals surface area contributed by atoms with Crippen molar-refractivity contribution in [2.45, 2.75) is 13.0 Å². The number of amides is 1. The van der Waals surface area contributed by atoms with Gasteiger partial charge in [-0.05, 0) is 43.3 Å². The quantitative estimate of drug-likeness (QED) is 0.798. The van der Waals surface area contributed by atoms with Crippen LogP contribution >= 0.6 is 0 Å². The van der Waals surface area contributed by atoms with E-state index in [4.69, 9.17) is 4.74 Å². The molecule has 4 heteroatoms. The molecule has 0 spiro atoms. The number of hydrogen-bond acceptors (Lipinski definition) is 3. The van der Waals surface area contributed by atoms with Gasteiger partial charge in [0.15, 0.2) is 6.10 Å². The zero-order valence-electron chi connectivity index (χ0n) is 12.2. The van der Waals surface area contributed by atoms with Crippen molar-refractivity contribution in [1.29, 1.82) is 0 Å². The molecular weight excluding hydrogens is 276 g/mol. The summed E-state index contributed by atoms with van der Waals surface area (Å²) in [5.74, 6) is 0.477. The number of nitrogens with one attached hydrogen (secondary N) is 1. The first-order valence-corrected chi connectivity index (χ1v) is 7.10. The Hall–Kier alpha value is -2.88. The third-order valence-electron chi connectivity index (χ3n) is 3.33. The number of nitrogens with zero attached hydrogens (tertiary/aromatic N) is 1. The van der Waals surface area contributed by atoms with Crippen molar-refractivity contribution in [3.8, 4) is 5.75 Å². The lowest BCUT2D eigenvalue weighted by Crippen LogP contribution is -2.30. The molecule has 1 heterocycles. The van der Waals surface area contributed by atoms with Crippen LogP contribution in [-0.4, -0.2) is 17.0 Å². The number of rotatable bonds is 4. The highest BCUT2D eigenvalue weighted by Crippen LogP contribution is 2.21. The molecule has 0 fully saturated rings. The van der Waals surface area contributed by atoms with E-state index in [9.17, 15) is 4.79 Å². The maximum Gasteiger partial charge on any atom is 0.265 e. The van der Waals surface area contributed by atoms with Crippen LogP contribution in [0.25, 0.3) is 10.9 Å². The van der Waals surface area contributed by atoms with E-state index in [2.05, 4.69) is 10.3 Å². The van der Waals surface area contributed by atoms with Gasteiger partial charge in [-0.25, -0.2) is 0 Å². The lowest BCUT2D eigenvalue weighted by atomic mass is 10.2. The molecule has 1 aromatic heterocycles. The molecule has 2 aromatic carbocycles. The number of anilines is 1. The third-order valence-corrected chi connectivity index (χ3v) is 3.33. The van der Waals surface area contributed by atoms with Gasteiger partial charge in [0.1, 0.15) is 5.75 Å². The maximum atomic E-state index is 12.3. The van der Waals surface area contributed by atoms with E-state index in [0.29, 0.717) is 5.75 Å². The fourth-order valence-corrected chi connectivity index (χ4v) is 2.20. The summed E-state index contributed by atoms with van der Waals surface area (Å²) in [4.78, 5) is 16.6. The number of carbonyl (C=O) groups is 1. The van der Waals surface area contributed by atoms with Crippen molar-refractivity contribution in [1.82, 2.24) is 4.98 Å². The molecule has 22 heavy (non-hydrogen) atoms. The number of benzene rings is 2. The number of pyridine rings is 1. The summed E-state index contributed by atoms with van der Waals surface area (Å²) in [6.45, 7) is 1.73. The molecule has 3 aromatic rings. The predicted molar refractivity (Wildman–Crippen MR) is 86.9 cm³/mol. The Kier molecular flexibility index (Phi) is 4.01. The van der Waals surface area contributed by atoms with Gasteiger partial charge in [-0.3, -0.25) is 9.78 Å². The number of para-hydroxylation sites is 1.